The van der Waals surface area contributed by atoms with Crippen LogP contribution in [0.25, 0.3) is 0 Å². The van der Waals surface area contributed by atoms with Gasteiger partial charge in [0.1, 0.15) is 6.29 Å². The summed E-state index contributed by atoms with van der Waals surface area (Å²) in [6.45, 7) is 0.574. The molecule has 0 aromatic heterocycles. The molecular formula is C6H9O2. The number of ether oxygens (including phenoxy) is 1. The van der Waals surface area contributed by atoms with Crippen molar-refractivity contribution in [2.75, 3.05) is 6.61 Å². The Bertz CT molecular complexity index is 76.6. The first kappa shape index (κ1) is 7.37. The molecule has 0 saturated heterocycles. The van der Waals surface area contributed by atoms with Crippen LogP contribution in [0.4, 0.5) is 0 Å². The quantitative estimate of drug-likeness (QED) is 0.308. The fourth-order valence-electron chi connectivity index (χ4n) is 0.303. The van der Waals surface area contributed by atoms with Crippen LogP contribution >= 0.6 is 0 Å². The molecule has 8 heavy (non-hydrogen) atoms. The lowest BCUT2D eigenvalue weighted by Crippen LogP contribution is -1.80. The molecule has 2 heteroatoms. The first-order valence-electron chi connectivity index (χ1n) is 2.39. The average molecular weight is 113 g/mol. The Morgan fingerprint density at radius 1 is 1.62 bits per heavy atom. The lowest BCUT2D eigenvalue weighted by atomic mass is 10.4. The highest BCUT2D eigenvalue weighted by atomic mass is 16.5. The molecule has 0 heterocycles. The lowest BCUT2D eigenvalue weighted by molar-refractivity contribution is -0.104. The second-order valence-electron chi connectivity index (χ2n) is 1.26. The van der Waals surface area contributed by atoms with Crippen LogP contribution < -0.4 is 0 Å². The number of hydrogen-bond donors (Lipinski definition) is 0. The van der Waals surface area contributed by atoms with Crippen LogP contribution in [-0.2, 0) is 9.53 Å². The molecule has 0 aliphatic carbocycles. The summed E-state index contributed by atoms with van der Waals surface area (Å²) in [5.41, 5.74) is 0. The SMILES string of the molecule is [CH2]OCCC=CC=O. The van der Waals surface area contributed by atoms with Crippen LogP contribution in [0.2, 0.25) is 0 Å². The van der Waals surface area contributed by atoms with Gasteiger partial charge in [-0.1, -0.05) is 6.08 Å². The largest absolute Gasteiger partial charge is 0.379 e. The molecule has 0 aromatic rings. The van der Waals surface area contributed by atoms with Crippen molar-refractivity contribution in [2.24, 2.45) is 0 Å². The van der Waals surface area contributed by atoms with Crippen LogP contribution in [0.1, 0.15) is 6.42 Å². The predicted octanol–water partition coefficient (Wildman–Crippen LogP) is 0.940. The maximum atomic E-state index is 9.62. The van der Waals surface area contributed by atoms with E-state index in [-0.39, 0.29) is 0 Å². The number of carbonyl (C=O) groups excluding carboxylic acids is 1. The molecule has 0 aliphatic rings. The Morgan fingerprint density at radius 2 is 2.38 bits per heavy atom. The van der Waals surface area contributed by atoms with Gasteiger partial charge in [-0.15, -0.1) is 0 Å². The van der Waals surface area contributed by atoms with Crippen LogP contribution in [-0.4, -0.2) is 12.9 Å². The monoisotopic (exact) mass is 113 g/mol. The topological polar surface area (TPSA) is 26.3 Å². The minimum Gasteiger partial charge on any atom is -0.379 e. The highest BCUT2D eigenvalue weighted by molar-refractivity contribution is 5.64. The summed E-state index contributed by atoms with van der Waals surface area (Å²) in [4.78, 5) is 9.62. The summed E-state index contributed by atoms with van der Waals surface area (Å²) in [6.07, 6.45) is 4.67. The van der Waals surface area contributed by atoms with Crippen molar-refractivity contribution < 1.29 is 9.53 Å². The zero-order valence-electron chi connectivity index (χ0n) is 4.67. The van der Waals surface area contributed by atoms with E-state index in [0.29, 0.717) is 6.61 Å². The Hall–Kier alpha value is -0.630. The van der Waals surface area contributed by atoms with Crippen LogP contribution in [0, 0.1) is 7.11 Å². The number of allylic oxidation sites excluding steroid dienone is 1. The number of hydrogen-bond acceptors (Lipinski definition) is 2. The highest BCUT2D eigenvalue weighted by Gasteiger charge is 1.73. The zero-order chi connectivity index (χ0) is 6.24. The van der Waals surface area contributed by atoms with Gasteiger partial charge in [0.15, 0.2) is 0 Å². The Labute approximate surface area is 49.1 Å². The van der Waals surface area contributed by atoms with Gasteiger partial charge in [-0.3, -0.25) is 4.79 Å². The van der Waals surface area contributed by atoms with Crippen molar-refractivity contribution in [2.45, 2.75) is 6.42 Å². The molecule has 2 nitrogen and oxygen atoms in total. The summed E-state index contributed by atoms with van der Waals surface area (Å²) in [7, 11) is 3.16. The third-order valence-corrected chi connectivity index (χ3v) is 0.644. The fraction of sp³-hybridized carbons (Fsp3) is 0.333. The van der Waals surface area contributed by atoms with E-state index < -0.39 is 0 Å². The van der Waals surface area contributed by atoms with Crippen molar-refractivity contribution in [1.29, 1.82) is 0 Å². The van der Waals surface area contributed by atoms with Gasteiger partial charge < -0.3 is 4.74 Å². The summed E-state index contributed by atoms with van der Waals surface area (Å²) in [6, 6.07) is 0. The third kappa shape index (κ3) is 5.37. The van der Waals surface area contributed by atoms with E-state index in [9.17, 15) is 4.79 Å². The summed E-state index contributed by atoms with van der Waals surface area (Å²) < 4.78 is 4.47. The molecule has 0 bridgehead atoms. The molecule has 45 valence electrons. The molecule has 0 unspecified atom stereocenters. The molecule has 0 atom stereocenters. The molecule has 0 N–H and O–H groups in total. The zero-order valence-corrected chi connectivity index (χ0v) is 4.67. The number of aldehydes is 1. The second-order valence-corrected chi connectivity index (χ2v) is 1.26. The molecule has 0 amide bonds. The normalized spacial score (nSPS) is 10.1. The van der Waals surface area contributed by atoms with Crippen LogP contribution in [0.5, 0.6) is 0 Å². The Morgan fingerprint density at radius 3 is 2.88 bits per heavy atom. The number of carbonyl (C=O) groups is 1. The van der Waals surface area contributed by atoms with Gasteiger partial charge in [0.2, 0.25) is 0 Å². The Balaban J connectivity index is 2.91. The van der Waals surface area contributed by atoms with E-state index in [0.717, 1.165) is 12.7 Å². The lowest BCUT2D eigenvalue weighted by Gasteiger charge is -1.86. The van der Waals surface area contributed by atoms with Crippen molar-refractivity contribution in [3.05, 3.63) is 19.3 Å². The van der Waals surface area contributed by atoms with Crippen molar-refractivity contribution >= 4 is 6.29 Å². The van der Waals surface area contributed by atoms with Crippen LogP contribution in [0.3, 0.4) is 0 Å². The van der Waals surface area contributed by atoms with Gasteiger partial charge in [0, 0.05) is 0 Å². The van der Waals surface area contributed by atoms with Crippen molar-refractivity contribution in [3.63, 3.8) is 0 Å². The second kappa shape index (κ2) is 6.37. The van der Waals surface area contributed by atoms with Gasteiger partial charge in [0.25, 0.3) is 0 Å². The van der Waals surface area contributed by atoms with E-state index in [4.69, 9.17) is 0 Å². The summed E-state index contributed by atoms with van der Waals surface area (Å²) >= 11 is 0. The van der Waals surface area contributed by atoms with Gasteiger partial charge >= 0.3 is 0 Å². The van der Waals surface area contributed by atoms with Gasteiger partial charge in [0.05, 0.1) is 13.7 Å². The molecule has 0 aliphatic heterocycles. The average Bonchev–Trinajstić information content (AvgIpc) is 1.81. The molecular weight excluding hydrogens is 104 g/mol. The summed E-state index contributed by atoms with van der Waals surface area (Å²) in [5.74, 6) is 0. The maximum absolute atomic E-state index is 9.62. The van der Waals surface area contributed by atoms with Crippen LogP contribution in [0.15, 0.2) is 12.2 Å². The number of rotatable bonds is 4. The Kier molecular flexibility index (Phi) is 5.87. The van der Waals surface area contributed by atoms with E-state index >= 15 is 0 Å². The molecule has 0 spiro atoms. The van der Waals surface area contributed by atoms with Crippen molar-refractivity contribution in [1.82, 2.24) is 0 Å². The van der Waals surface area contributed by atoms with E-state index in [1.54, 1.807) is 6.08 Å². The maximum Gasteiger partial charge on any atom is 0.142 e. The standard InChI is InChI=1S/C6H9O2/c1-8-6-4-2-3-5-7/h2-3,5H,1,4,6H2. The fourth-order valence-corrected chi connectivity index (χ4v) is 0.303. The van der Waals surface area contributed by atoms with Crippen molar-refractivity contribution in [3.8, 4) is 0 Å². The minimum absolute atomic E-state index is 0.574. The van der Waals surface area contributed by atoms with E-state index in [1.807, 2.05) is 0 Å². The first-order valence-corrected chi connectivity index (χ1v) is 2.39. The van der Waals surface area contributed by atoms with Gasteiger partial charge in [-0.2, -0.15) is 0 Å². The smallest absolute Gasteiger partial charge is 0.142 e. The third-order valence-electron chi connectivity index (χ3n) is 0.644. The van der Waals surface area contributed by atoms with E-state index in [1.165, 1.54) is 6.08 Å². The molecule has 0 rings (SSSR count). The van der Waals surface area contributed by atoms with E-state index in [2.05, 4.69) is 11.8 Å². The molecule has 0 saturated carbocycles. The molecule has 0 aromatic carbocycles. The van der Waals surface area contributed by atoms with Gasteiger partial charge in [-0.05, 0) is 12.5 Å². The highest BCUT2D eigenvalue weighted by Crippen LogP contribution is 1.80. The molecule has 1 radical (unpaired) electrons. The first-order chi connectivity index (χ1) is 3.91. The summed E-state index contributed by atoms with van der Waals surface area (Å²) in [5, 5.41) is 0. The molecule has 0 fully saturated rings. The minimum atomic E-state index is 0.574. The predicted molar refractivity (Wildman–Crippen MR) is 31.1 cm³/mol. The van der Waals surface area contributed by atoms with Gasteiger partial charge in [-0.25, -0.2) is 0 Å².